The van der Waals surface area contributed by atoms with Crippen LogP contribution in [0.25, 0.3) is 22.4 Å². The molecular formula is C28H35FN2O3. The highest BCUT2D eigenvalue weighted by Gasteiger charge is 2.29. The minimum Gasteiger partial charge on any atom is -0.454 e. The van der Waals surface area contributed by atoms with E-state index in [1.54, 1.807) is 17.8 Å². The smallest absolute Gasteiger partial charge is 0.229 e. The second kappa shape index (κ2) is 12.1. The molecule has 34 heavy (non-hydrogen) atoms. The van der Waals surface area contributed by atoms with Gasteiger partial charge in [0, 0.05) is 38.4 Å². The SMILES string of the molecule is C/C=C\C=NC.C=CC(=O)c1cn2c(c(F)c1=O)-c1oc3c(C)cccc3c1CC2.CC(C)C.[HH]. The van der Waals surface area contributed by atoms with Crippen molar-refractivity contribution >= 4 is 23.0 Å². The molecule has 182 valence electrons. The normalized spacial score (nSPS) is 12.1. The van der Waals surface area contributed by atoms with Crippen LogP contribution in [-0.4, -0.2) is 23.6 Å². The number of hydrogen-bond donors (Lipinski definition) is 0. The van der Waals surface area contributed by atoms with E-state index in [1.165, 1.54) is 6.20 Å². The van der Waals surface area contributed by atoms with Crippen LogP contribution in [0.4, 0.5) is 4.39 Å². The van der Waals surface area contributed by atoms with Crippen molar-refractivity contribution in [3.63, 3.8) is 0 Å². The van der Waals surface area contributed by atoms with Gasteiger partial charge >= 0.3 is 0 Å². The van der Waals surface area contributed by atoms with E-state index in [4.69, 9.17) is 4.42 Å². The Balaban J connectivity index is 0.000000477. The first-order valence-electron chi connectivity index (χ1n) is 11.3. The molecule has 0 saturated carbocycles. The van der Waals surface area contributed by atoms with Crippen molar-refractivity contribution in [1.29, 1.82) is 0 Å². The average Bonchev–Trinajstić information content (AvgIpc) is 3.19. The number of carbonyl (C=O) groups excluding carboxylic acids is 1. The number of fused-ring (bicyclic) bond motifs is 5. The van der Waals surface area contributed by atoms with E-state index >= 15 is 0 Å². The molecule has 5 nitrogen and oxygen atoms in total. The Labute approximate surface area is 201 Å². The van der Waals surface area contributed by atoms with Crippen molar-refractivity contribution < 1.29 is 15.0 Å². The van der Waals surface area contributed by atoms with Crippen molar-refractivity contribution in [1.82, 2.24) is 4.57 Å². The van der Waals surface area contributed by atoms with E-state index in [-0.39, 0.29) is 12.7 Å². The fourth-order valence-corrected chi connectivity index (χ4v) is 3.48. The van der Waals surface area contributed by atoms with Crippen molar-refractivity contribution in [2.45, 2.75) is 47.6 Å². The predicted octanol–water partition coefficient (Wildman–Crippen LogP) is 6.81. The quantitative estimate of drug-likeness (QED) is 0.242. The van der Waals surface area contributed by atoms with Gasteiger partial charge in [-0.3, -0.25) is 14.6 Å². The molecule has 3 aromatic rings. The van der Waals surface area contributed by atoms with E-state index in [0.717, 1.165) is 28.5 Å². The maximum Gasteiger partial charge on any atom is 0.229 e. The molecule has 0 atom stereocenters. The molecular weight excluding hydrogens is 431 g/mol. The minimum absolute atomic E-state index is 0. The van der Waals surface area contributed by atoms with Gasteiger partial charge in [0.1, 0.15) is 11.3 Å². The van der Waals surface area contributed by atoms with Gasteiger partial charge in [-0.05, 0) is 43.9 Å². The Morgan fingerprint density at radius 3 is 2.56 bits per heavy atom. The van der Waals surface area contributed by atoms with Crippen LogP contribution in [0.2, 0.25) is 0 Å². The molecule has 0 radical (unpaired) electrons. The van der Waals surface area contributed by atoms with Crippen LogP contribution >= 0.6 is 0 Å². The molecule has 0 N–H and O–H groups in total. The molecule has 0 bridgehead atoms. The number of allylic oxidation sites excluding steroid dienone is 3. The number of halogens is 1. The summed E-state index contributed by atoms with van der Waals surface area (Å²) in [7, 11) is 1.75. The summed E-state index contributed by atoms with van der Waals surface area (Å²) in [4.78, 5) is 27.7. The average molecular weight is 467 g/mol. The second-order valence-electron chi connectivity index (χ2n) is 8.57. The van der Waals surface area contributed by atoms with Crippen LogP contribution in [0.3, 0.4) is 0 Å². The Morgan fingerprint density at radius 1 is 1.32 bits per heavy atom. The number of aromatic nitrogens is 1. The lowest BCUT2D eigenvalue weighted by Crippen LogP contribution is -2.25. The summed E-state index contributed by atoms with van der Waals surface area (Å²) < 4.78 is 22.3. The number of rotatable bonds is 3. The fraction of sp³-hybridized carbons (Fsp3) is 0.321. The molecule has 0 fully saturated rings. The van der Waals surface area contributed by atoms with Crippen LogP contribution in [0.5, 0.6) is 0 Å². The van der Waals surface area contributed by atoms with Crippen molar-refractivity contribution in [2.24, 2.45) is 10.9 Å². The number of benzene rings is 1. The predicted molar refractivity (Wildman–Crippen MR) is 141 cm³/mol. The van der Waals surface area contributed by atoms with Gasteiger partial charge in [-0.1, -0.05) is 51.6 Å². The molecule has 0 spiro atoms. The Kier molecular flexibility index (Phi) is 9.48. The van der Waals surface area contributed by atoms with Gasteiger partial charge in [0.05, 0.1) is 5.56 Å². The Morgan fingerprint density at radius 2 is 2.00 bits per heavy atom. The lowest BCUT2D eigenvalue weighted by molar-refractivity contribution is 0.104. The van der Waals surface area contributed by atoms with Gasteiger partial charge in [0.25, 0.3) is 0 Å². The number of aliphatic imine (C=N–C) groups is 1. The van der Waals surface area contributed by atoms with E-state index in [0.29, 0.717) is 24.3 Å². The van der Waals surface area contributed by atoms with Gasteiger partial charge < -0.3 is 8.98 Å². The summed E-state index contributed by atoms with van der Waals surface area (Å²) in [5, 5.41) is 0.939. The van der Waals surface area contributed by atoms with Crippen LogP contribution in [0.15, 0.2) is 63.4 Å². The number of ketones is 1. The van der Waals surface area contributed by atoms with Gasteiger partial charge in [-0.2, -0.15) is 0 Å². The molecule has 6 heteroatoms. The summed E-state index contributed by atoms with van der Waals surface area (Å²) in [6, 6.07) is 5.79. The maximum absolute atomic E-state index is 14.8. The highest BCUT2D eigenvalue weighted by Crippen LogP contribution is 2.38. The lowest BCUT2D eigenvalue weighted by atomic mass is 9.99. The monoisotopic (exact) mass is 466 g/mol. The molecule has 1 aromatic carbocycles. The third kappa shape index (κ3) is 5.87. The van der Waals surface area contributed by atoms with E-state index in [9.17, 15) is 14.0 Å². The van der Waals surface area contributed by atoms with Gasteiger partial charge in [-0.25, -0.2) is 4.39 Å². The van der Waals surface area contributed by atoms with Crippen LogP contribution < -0.4 is 5.43 Å². The lowest BCUT2D eigenvalue weighted by Gasteiger charge is -2.19. The third-order valence-electron chi connectivity index (χ3n) is 4.94. The zero-order valence-electron chi connectivity index (χ0n) is 20.8. The highest BCUT2D eigenvalue weighted by atomic mass is 19.1. The largest absolute Gasteiger partial charge is 0.454 e. The third-order valence-corrected chi connectivity index (χ3v) is 4.94. The highest BCUT2D eigenvalue weighted by molar-refractivity contribution is 6.04. The summed E-state index contributed by atoms with van der Waals surface area (Å²) >= 11 is 0. The zero-order valence-corrected chi connectivity index (χ0v) is 20.8. The number of nitrogens with zero attached hydrogens (tertiary/aromatic N) is 2. The van der Waals surface area contributed by atoms with E-state index in [1.807, 2.05) is 44.2 Å². The number of carbonyl (C=O) groups is 1. The van der Waals surface area contributed by atoms with Crippen molar-refractivity contribution in [3.8, 4) is 11.5 Å². The Hall–Kier alpha value is -3.54. The van der Waals surface area contributed by atoms with E-state index < -0.39 is 17.0 Å². The molecule has 0 amide bonds. The number of para-hydroxylation sites is 1. The van der Waals surface area contributed by atoms with Gasteiger partial charge in [0.15, 0.2) is 17.4 Å². The molecule has 2 aromatic heterocycles. The number of pyridine rings is 1. The molecule has 4 rings (SSSR count). The first-order valence-corrected chi connectivity index (χ1v) is 11.3. The molecule has 1 aliphatic rings. The number of hydrogen-bond acceptors (Lipinski definition) is 4. The van der Waals surface area contributed by atoms with Gasteiger partial charge in [-0.15, -0.1) is 0 Å². The summed E-state index contributed by atoms with van der Waals surface area (Å²) in [5.41, 5.74) is 1.54. The van der Waals surface area contributed by atoms with Crippen molar-refractivity contribution in [3.05, 3.63) is 81.9 Å². The minimum atomic E-state index is -0.958. The molecule has 0 unspecified atom stereocenters. The fourth-order valence-electron chi connectivity index (χ4n) is 3.48. The topological polar surface area (TPSA) is 64.6 Å². The number of aryl methyl sites for hydroxylation is 3. The Bertz CT molecular complexity index is 1290. The van der Waals surface area contributed by atoms with Gasteiger partial charge in [0.2, 0.25) is 5.43 Å². The molecule has 0 aliphatic carbocycles. The first-order chi connectivity index (χ1) is 16.2. The van der Waals surface area contributed by atoms with Crippen LogP contribution in [0, 0.1) is 18.7 Å². The molecule has 0 saturated heterocycles. The summed E-state index contributed by atoms with van der Waals surface area (Å²) in [6.45, 7) is 14.2. The summed E-state index contributed by atoms with van der Waals surface area (Å²) in [6.07, 6.45) is 8.63. The first kappa shape index (κ1) is 26.7. The van der Waals surface area contributed by atoms with E-state index in [2.05, 4.69) is 32.3 Å². The van der Waals surface area contributed by atoms with Crippen LogP contribution in [-0.2, 0) is 13.0 Å². The second-order valence-corrected chi connectivity index (χ2v) is 8.57. The summed E-state index contributed by atoms with van der Waals surface area (Å²) in [5.74, 6) is -0.335. The maximum atomic E-state index is 14.8. The molecule has 3 heterocycles. The van der Waals surface area contributed by atoms with Crippen molar-refractivity contribution in [2.75, 3.05) is 7.05 Å². The van der Waals surface area contributed by atoms with Crippen LogP contribution in [0.1, 0.15) is 50.6 Å². The molecule has 1 aliphatic heterocycles. The standard InChI is InChI=1S/C19H14FNO3.C5H9N.C4H10.H2/c1-3-14(22)13-9-21-8-7-12-11-6-4-5-10(2)18(11)24-19(12)16(21)15(20)17(13)23;1-3-4-5-6-2;1-4(2)3;/h3-6,9H,1,7-8H2,2H3;3-5H,1-2H3;4H,1-3H3;1H/b;4-3-,6-5?;;. The number of furan rings is 1. The zero-order chi connectivity index (χ0) is 25.4.